The third-order valence-electron chi connectivity index (χ3n) is 1.89. The van der Waals surface area contributed by atoms with Gasteiger partial charge in [0.2, 0.25) is 0 Å². The van der Waals surface area contributed by atoms with Crippen molar-refractivity contribution in [1.82, 2.24) is 4.98 Å². The fourth-order valence-corrected chi connectivity index (χ4v) is 1.40. The Kier molecular flexibility index (Phi) is 4.38. The number of pyridine rings is 1. The minimum absolute atomic E-state index is 0.172. The van der Waals surface area contributed by atoms with Gasteiger partial charge < -0.3 is 15.7 Å². The molecule has 6 heteroatoms. The van der Waals surface area contributed by atoms with Gasteiger partial charge in [-0.15, -0.1) is 0 Å². The highest BCUT2D eigenvalue weighted by molar-refractivity contribution is 7.80. The standard InChI is InChI=1S/C9H13N3O2S/c10-3-4-12(6-15)8-2-1-7(5-11-8)9(13)14/h1-2,5,15H,3-4,6,10H2,(H,13,14). The Balaban J connectivity index is 2.81. The van der Waals surface area contributed by atoms with Gasteiger partial charge in [-0.3, -0.25) is 0 Å². The first-order valence-electron chi connectivity index (χ1n) is 4.44. The van der Waals surface area contributed by atoms with Crippen LogP contribution in [0.1, 0.15) is 10.4 Å². The number of hydrogen-bond acceptors (Lipinski definition) is 5. The van der Waals surface area contributed by atoms with Gasteiger partial charge in [0.15, 0.2) is 0 Å². The summed E-state index contributed by atoms with van der Waals surface area (Å²) in [5, 5.41) is 8.69. The van der Waals surface area contributed by atoms with Crippen LogP contribution < -0.4 is 10.6 Å². The van der Waals surface area contributed by atoms with Gasteiger partial charge in [-0.2, -0.15) is 12.6 Å². The van der Waals surface area contributed by atoms with Crippen molar-refractivity contribution in [2.45, 2.75) is 0 Å². The lowest BCUT2D eigenvalue weighted by atomic mass is 10.3. The highest BCUT2D eigenvalue weighted by Crippen LogP contribution is 2.11. The molecule has 15 heavy (non-hydrogen) atoms. The number of aromatic carboxylic acids is 1. The molecular weight excluding hydrogens is 214 g/mol. The van der Waals surface area contributed by atoms with Gasteiger partial charge in [0.1, 0.15) is 5.82 Å². The van der Waals surface area contributed by atoms with Crippen molar-refractivity contribution in [1.29, 1.82) is 0 Å². The van der Waals surface area contributed by atoms with Crippen molar-refractivity contribution < 1.29 is 9.90 Å². The van der Waals surface area contributed by atoms with Crippen molar-refractivity contribution in [2.75, 3.05) is 23.9 Å². The molecule has 0 radical (unpaired) electrons. The van der Waals surface area contributed by atoms with Crippen LogP contribution in [0.2, 0.25) is 0 Å². The SMILES string of the molecule is NCCN(CS)c1ccc(C(=O)O)cn1. The van der Waals surface area contributed by atoms with Gasteiger partial charge in [-0.05, 0) is 12.1 Å². The Hall–Kier alpha value is -1.27. The number of carbonyl (C=O) groups is 1. The largest absolute Gasteiger partial charge is 0.478 e. The smallest absolute Gasteiger partial charge is 0.337 e. The molecule has 5 nitrogen and oxygen atoms in total. The molecule has 0 bridgehead atoms. The molecule has 82 valence electrons. The normalized spacial score (nSPS) is 10.0. The van der Waals surface area contributed by atoms with E-state index in [4.69, 9.17) is 10.8 Å². The molecule has 0 aliphatic carbocycles. The molecule has 1 rings (SSSR count). The van der Waals surface area contributed by atoms with Crippen LogP contribution in [0.25, 0.3) is 0 Å². The molecule has 1 aromatic heterocycles. The molecule has 0 atom stereocenters. The lowest BCUT2D eigenvalue weighted by molar-refractivity contribution is 0.0696. The molecule has 0 unspecified atom stereocenters. The van der Waals surface area contributed by atoms with Crippen molar-refractivity contribution in [3.8, 4) is 0 Å². The highest BCUT2D eigenvalue weighted by Gasteiger charge is 2.07. The molecule has 0 saturated heterocycles. The van der Waals surface area contributed by atoms with E-state index in [0.29, 0.717) is 24.8 Å². The summed E-state index contributed by atoms with van der Waals surface area (Å²) in [5.74, 6) is 0.196. The van der Waals surface area contributed by atoms with Crippen LogP contribution in [0.4, 0.5) is 5.82 Å². The number of aromatic nitrogens is 1. The average molecular weight is 227 g/mol. The Morgan fingerprint density at radius 2 is 2.33 bits per heavy atom. The molecule has 0 saturated carbocycles. The van der Waals surface area contributed by atoms with E-state index in [1.807, 2.05) is 4.90 Å². The number of anilines is 1. The first kappa shape index (κ1) is 11.8. The zero-order chi connectivity index (χ0) is 11.3. The Morgan fingerprint density at radius 3 is 2.73 bits per heavy atom. The van der Waals surface area contributed by atoms with E-state index in [1.54, 1.807) is 6.07 Å². The number of thiol groups is 1. The number of hydrogen-bond donors (Lipinski definition) is 3. The summed E-state index contributed by atoms with van der Waals surface area (Å²) in [7, 11) is 0. The van der Waals surface area contributed by atoms with Gasteiger partial charge in [0, 0.05) is 19.3 Å². The van der Waals surface area contributed by atoms with E-state index in [1.165, 1.54) is 12.3 Å². The summed E-state index contributed by atoms with van der Waals surface area (Å²) in [5.41, 5.74) is 5.59. The maximum atomic E-state index is 10.6. The van der Waals surface area contributed by atoms with Gasteiger partial charge in [-0.1, -0.05) is 0 Å². The molecule has 0 fully saturated rings. The average Bonchev–Trinajstić information content (AvgIpc) is 2.26. The zero-order valence-electron chi connectivity index (χ0n) is 8.13. The molecule has 0 aliphatic heterocycles. The summed E-state index contributed by atoms with van der Waals surface area (Å²) < 4.78 is 0. The van der Waals surface area contributed by atoms with E-state index < -0.39 is 5.97 Å². The minimum atomic E-state index is -0.981. The molecular formula is C9H13N3O2S. The van der Waals surface area contributed by atoms with Gasteiger partial charge in [0.25, 0.3) is 0 Å². The van der Waals surface area contributed by atoms with Crippen molar-refractivity contribution >= 4 is 24.4 Å². The van der Waals surface area contributed by atoms with Crippen LogP contribution in [0.15, 0.2) is 18.3 Å². The van der Waals surface area contributed by atoms with E-state index in [0.717, 1.165) is 0 Å². The Morgan fingerprint density at radius 1 is 1.60 bits per heavy atom. The topological polar surface area (TPSA) is 79.5 Å². The Bertz CT molecular complexity index is 329. The van der Waals surface area contributed by atoms with Crippen molar-refractivity contribution in [2.24, 2.45) is 5.73 Å². The number of nitrogens with two attached hydrogens (primary N) is 1. The fraction of sp³-hybridized carbons (Fsp3) is 0.333. The second-order valence-electron chi connectivity index (χ2n) is 2.90. The fourth-order valence-electron chi connectivity index (χ4n) is 1.11. The molecule has 1 heterocycles. The van der Waals surface area contributed by atoms with Gasteiger partial charge >= 0.3 is 5.97 Å². The van der Waals surface area contributed by atoms with E-state index in [9.17, 15) is 4.79 Å². The van der Waals surface area contributed by atoms with Crippen LogP contribution >= 0.6 is 12.6 Å². The lowest BCUT2D eigenvalue weighted by Crippen LogP contribution is -2.28. The molecule has 0 aromatic carbocycles. The van der Waals surface area contributed by atoms with Gasteiger partial charge in [0.05, 0.1) is 11.4 Å². The molecule has 0 aliphatic rings. The van der Waals surface area contributed by atoms with E-state index >= 15 is 0 Å². The second kappa shape index (κ2) is 5.57. The zero-order valence-corrected chi connectivity index (χ0v) is 9.02. The molecule has 0 amide bonds. The predicted molar refractivity (Wildman–Crippen MR) is 61.4 cm³/mol. The van der Waals surface area contributed by atoms with E-state index in [2.05, 4.69) is 17.6 Å². The second-order valence-corrected chi connectivity index (χ2v) is 3.19. The Labute approximate surface area is 93.3 Å². The first-order chi connectivity index (χ1) is 7.19. The summed E-state index contributed by atoms with van der Waals surface area (Å²) in [6.45, 7) is 1.14. The lowest BCUT2D eigenvalue weighted by Gasteiger charge is -2.20. The summed E-state index contributed by atoms with van der Waals surface area (Å²) >= 11 is 4.14. The number of carboxylic acid groups (broad SMARTS) is 1. The summed E-state index contributed by atoms with van der Waals surface area (Å²) in [6.07, 6.45) is 1.32. The summed E-state index contributed by atoms with van der Waals surface area (Å²) in [4.78, 5) is 16.5. The minimum Gasteiger partial charge on any atom is -0.478 e. The number of rotatable bonds is 5. The molecule has 0 spiro atoms. The molecule has 1 aromatic rings. The third-order valence-corrected chi connectivity index (χ3v) is 2.23. The number of carboxylic acids is 1. The maximum Gasteiger partial charge on any atom is 0.337 e. The van der Waals surface area contributed by atoms with Crippen molar-refractivity contribution in [3.05, 3.63) is 23.9 Å². The first-order valence-corrected chi connectivity index (χ1v) is 5.07. The molecule has 3 N–H and O–H groups in total. The van der Waals surface area contributed by atoms with Crippen LogP contribution in [-0.4, -0.2) is 35.0 Å². The van der Waals surface area contributed by atoms with Crippen LogP contribution in [0, 0.1) is 0 Å². The maximum absolute atomic E-state index is 10.6. The van der Waals surface area contributed by atoms with Crippen LogP contribution in [0.3, 0.4) is 0 Å². The monoisotopic (exact) mass is 227 g/mol. The van der Waals surface area contributed by atoms with Crippen molar-refractivity contribution in [3.63, 3.8) is 0 Å². The van der Waals surface area contributed by atoms with Crippen LogP contribution in [0.5, 0.6) is 0 Å². The highest BCUT2D eigenvalue weighted by atomic mass is 32.1. The van der Waals surface area contributed by atoms with E-state index in [-0.39, 0.29) is 5.56 Å². The summed E-state index contributed by atoms with van der Waals surface area (Å²) in [6, 6.07) is 3.16. The predicted octanol–water partition coefficient (Wildman–Crippen LogP) is 0.432. The third kappa shape index (κ3) is 3.10. The van der Waals surface area contributed by atoms with Gasteiger partial charge in [-0.25, -0.2) is 9.78 Å². The van der Waals surface area contributed by atoms with Crippen LogP contribution in [-0.2, 0) is 0 Å². The quantitative estimate of drug-likeness (QED) is 0.502. The number of nitrogens with zero attached hydrogens (tertiary/aromatic N) is 2.